The van der Waals surface area contributed by atoms with Gasteiger partial charge in [-0.05, 0) is 55.5 Å². The summed E-state index contributed by atoms with van der Waals surface area (Å²) in [5.74, 6) is 0.414. The maximum atomic E-state index is 12.2. The van der Waals surface area contributed by atoms with Gasteiger partial charge in [0.05, 0.1) is 19.4 Å². The monoisotopic (exact) mass is 363 g/mol. The van der Waals surface area contributed by atoms with Crippen LogP contribution in [0.5, 0.6) is 0 Å². The van der Waals surface area contributed by atoms with Crippen molar-refractivity contribution in [2.75, 3.05) is 17.2 Å². The second-order valence-corrected chi connectivity index (χ2v) is 6.11. The van der Waals surface area contributed by atoms with Gasteiger partial charge in [0, 0.05) is 16.9 Å². The summed E-state index contributed by atoms with van der Waals surface area (Å²) in [6.45, 7) is 2.45. The van der Waals surface area contributed by atoms with Crippen molar-refractivity contribution in [2.24, 2.45) is 0 Å². The van der Waals surface area contributed by atoms with E-state index in [2.05, 4.69) is 16.0 Å². The first kappa shape index (κ1) is 18.3. The van der Waals surface area contributed by atoms with E-state index in [1.807, 2.05) is 37.3 Å². The standard InChI is InChI=1S/C21H21N3O3/c1-15-4-2-5-16(12-15)21(26)24-18-9-7-17(8-10-18)22-14-20(25)23-13-19-6-3-11-27-19/h2-12,22H,13-14H2,1H3,(H,23,25)(H,24,26). The van der Waals surface area contributed by atoms with E-state index >= 15 is 0 Å². The van der Waals surface area contributed by atoms with Gasteiger partial charge in [0.1, 0.15) is 5.76 Å². The first-order valence-electron chi connectivity index (χ1n) is 8.61. The quantitative estimate of drug-likeness (QED) is 0.599. The van der Waals surface area contributed by atoms with Gasteiger partial charge in [-0.15, -0.1) is 0 Å². The van der Waals surface area contributed by atoms with E-state index in [1.165, 1.54) is 0 Å². The van der Waals surface area contributed by atoms with Crippen molar-refractivity contribution in [3.63, 3.8) is 0 Å². The van der Waals surface area contributed by atoms with Gasteiger partial charge in [-0.25, -0.2) is 0 Å². The van der Waals surface area contributed by atoms with Crippen LogP contribution in [-0.2, 0) is 11.3 Å². The van der Waals surface area contributed by atoms with E-state index in [4.69, 9.17) is 4.42 Å². The fraction of sp³-hybridized carbons (Fsp3) is 0.143. The first-order chi connectivity index (χ1) is 13.1. The average Bonchev–Trinajstić information content (AvgIpc) is 3.19. The minimum absolute atomic E-state index is 0.136. The molecule has 0 atom stereocenters. The first-order valence-corrected chi connectivity index (χ1v) is 8.61. The fourth-order valence-electron chi connectivity index (χ4n) is 2.50. The maximum absolute atomic E-state index is 12.2. The summed E-state index contributed by atoms with van der Waals surface area (Å²) in [6, 6.07) is 18.2. The van der Waals surface area contributed by atoms with Crippen LogP contribution in [0.15, 0.2) is 71.3 Å². The van der Waals surface area contributed by atoms with Crippen LogP contribution >= 0.6 is 0 Å². The Hall–Kier alpha value is -3.54. The van der Waals surface area contributed by atoms with Crippen molar-refractivity contribution in [1.82, 2.24) is 5.32 Å². The zero-order valence-corrected chi connectivity index (χ0v) is 15.0. The second kappa shape index (κ2) is 8.71. The Labute approximate surface area is 157 Å². The number of amides is 2. The molecule has 0 radical (unpaired) electrons. The Bertz CT molecular complexity index is 903. The zero-order valence-electron chi connectivity index (χ0n) is 15.0. The molecule has 0 unspecified atom stereocenters. The number of furan rings is 1. The Balaban J connectivity index is 1.47. The lowest BCUT2D eigenvalue weighted by Gasteiger charge is -2.09. The maximum Gasteiger partial charge on any atom is 0.255 e. The number of aryl methyl sites for hydroxylation is 1. The van der Waals surface area contributed by atoms with Crippen LogP contribution in [0.1, 0.15) is 21.7 Å². The van der Waals surface area contributed by atoms with Gasteiger partial charge in [0.15, 0.2) is 0 Å². The van der Waals surface area contributed by atoms with E-state index in [0.717, 1.165) is 11.3 Å². The minimum atomic E-state index is -0.156. The predicted octanol–water partition coefficient (Wildman–Crippen LogP) is 3.57. The Morgan fingerprint density at radius 2 is 1.74 bits per heavy atom. The summed E-state index contributed by atoms with van der Waals surface area (Å²) < 4.78 is 5.16. The van der Waals surface area contributed by atoms with Crippen molar-refractivity contribution in [1.29, 1.82) is 0 Å². The number of hydrogen-bond donors (Lipinski definition) is 3. The summed E-state index contributed by atoms with van der Waals surface area (Å²) in [4.78, 5) is 24.1. The molecular formula is C21H21N3O3. The third-order valence-electron chi connectivity index (χ3n) is 3.92. The molecule has 0 saturated heterocycles. The molecule has 0 aliphatic heterocycles. The topological polar surface area (TPSA) is 83.4 Å². The van der Waals surface area contributed by atoms with Crippen LogP contribution in [-0.4, -0.2) is 18.4 Å². The molecule has 3 rings (SSSR count). The molecule has 0 fully saturated rings. The molecule has 1 heterocycles. The third-order valence-corrected chi connectivity index (χ3v) is 3.92. The SMILES string of the molecule is Cc1cccc(C(=O)Nc2ccc(NCC(=O)NCc3ccco3)cc2)c1. The molecule has 0 aliphatic carbocycles. The molecule has 2 aromatic carbocycles. The summed E-state index contributed by atoms with van der Waals surface area (Å²) in [5, 5.41) is 8.66. The van der Waals surface area contributed by atoms with Crippen LogP contribution in [0.25, 0.3) is 0 Å². The molecule has 6 heteroatoms. The smallest absolute Gasteiger partial charge is 0.255 e. The molecule has 6 nitrogen and oxygen atoms in total. The summed E-state index contributed by atoms with van der Waals surface area (Å²) in [6.07, 6.45) is 1.57. The second-order valence-electron chi connectivity index (χ2n) is 6.11. The molecule has 1 aromatic heterocycles. The normalized spacial score (nSPS) is 10.3. The molecule has 3 aromatic rings. The van der Waals surface area contributed by atoms with Crippen molar-refractivity contribution < 1.29 is 14.0 Å². The Morgan fingerprint density at radius 3 is 2.44 bits per heavy atom. The fourth-order valence-corrected chi connectivity index (χ4v) is 2.50. The lowest BCUT2D eigenvalue weighted by Crippen LogP contribution is -2.29. The van der Waals surface area contributed by atoms with Crippen molar-refractivity contribution in [3.8, 4) is 0 Å². The molecular weight excluding hydrogens is 342 g/mol. The molecule has 2 amide bonds. The summed E-state index contributed by atoms with van der Waals surface area (Å²) in [5.41, 5.74) is 3.13. The highest BCUT2D eigenvalue weighted by atomic mass is 16.3. The van der Waals surface area contributed by atoms with Crippen molar-refractivity contribution in [3.05, 3.63) is 83.8 Å². The van der Waals surface area contributed by atoms with E-state index in [0.29, 0.717) is 23.6 Å². The molecule has 0 spiro atoms. The average molecular weight is 363 g/mol. The molecule has 0 saturated carbocycles. The van der Waals surface area contributed by atoms with Crippen LogP contribution in [0.4, 0.5) is 11.4 Å². The van der Waals surface area contributed by atoms with Crippen LogP contribution < -0.4 is 16.0 Å². The highest BCUT2D eigenvalue weighted by Gasteiger charge is 2.06. The van der Waals surface area contributed by atoms with Gasteiger partial charge in [-0.3, -0.25) is 9.59 Å². The largest absolute Gasteiger partial charge is 0.467 e. The summed E-state index contributed by atoms with van der Waals surface area (Å²) >= 11 is 0. The van der Waals surface area contributed by atoms with Crippen LogP contribution in [0, 0.1) is 6.92 Å². The number of hydrogen-bond acceptors (Lipinski definition) is 4. The Kier molecular flexibility index (Phi) is 5.89. The number of anilines is 2. The number of rotatable bonds is 7. The molecule has 0 aliphatic rings. The summed E-state index contributed by atoms with van der Waals surface area (Å²) in [7, 11) is 0. The lowest BCUT2D eigenvalue weighted by atomic mass is 10.1. The highest BCUT2D eigenvalue weighted by Crippen LogP contribution is 2.15. The molecule has 3 N–H and O–H groups in total. The number of carbonyl (C=O) groups is 2. The lowest BCUT2D eigenvalue weighted by molar-refractivity contribution is -0.119. The van der Waals surface area contributed by atoms with Crippen LogP contribution in [0.3, 0.4) is 0 Å². The number of nitrogens with one attached hydrogen (secondary N) is 3. The van der Waals surface area contributed by atoms with Gasteiger partial charge in [-0.1, -0.05) is 17.7 Å². The number of benzene rings is 2. The zero-order chi connectivity index (χ0) is 19.1. The molecule has 138 valence electrons. The van der Waals surface area contributed by atoms with E-state index < -0.39 is 0 Å². The predicted molar refractivity (Wildman–Crippen MR) is 105 cm³/mol. The van der Waals surface area contributed by atoms with E-state index in [1.54, 1.807) is 36.6 Å². The molecule has 27 heavy (non-hydrogen) atoms. The van der Waals surface area contributed by atoms with Crippen molar-refractivity contribution in [2.45, 2.75) is 13.5 Å². The van der Waals surface area contributed by atoms with Gasteiger partial charge >= 0.3 is 0 Å². The van der Waals surface area contributed by atoms with Gasteiger partial charge < -0.3 is 20.4 Å². The minimum Gasteiger partial charge on any atom is -0.467 e. The van der Waals surface area contributed by atoms with Gasteiger partial charge in [0.2, 0.25) is 5.91 Å². The van der Waals surface area contributed by atoms with Crippen molar-refractivity contribution >= 4 is 23.2 Å². The van der Waals surface area contributed by atoms with Gasteiger partial charge in [-0.2, -0.15) is 0 Å². The van der Waals surface area contributed by atoms with Crippen LogP contribution in [0.2, 0.25) is 0 Å². The Morgan fingerprint density at radius 1 is 0.963 bits per heavy atom. The van der Waals surface area contributed by atoms with Gasteiger partial charge in [0.25, 0.3) is 5.91 Å². The van der Waals surface area contributed by atoms with E-state index in [-0.39, 0.29) is 18.4 Å². The van der Waals surface area contributed by atoms with E-state index in [9.17, 15) is 9.59 Å². The number of carbonyl (C=O) groups excluding carboxylic acids is 2. The third kappa shape index (κ3) is 5.47. The highest BCUT2D eigenvalue weighted by molar-refractivity contribution is 6.04. The molecule has 0 bridgehead atoms.